The van der Waals surface area contributed by atoms with Gasteiger partial charge in [-0.3, -0.25) is 9.59 Å². The summed E-state index contributed by atoms with van der Waals surface area (Å²) in [5, 5.41) is 23.2. The van der Waals surface area contributed by atoms with Gasteiger partial charge in [-0.1, -0.05) is 332 Å². The van der Waals surface area contributed by atoms with E-state index in [0.717, 1.165) is 51.4 Å². The molecule has 2 unspecified atom stereocenters. The van der Waals surface area contributed by atoms with Crippen LogP contribution in [0.15, 0.2) is 48.6 Å². The van der Waals surface area contributed by atoms with Gasteiger partial charge >= 0.3 is 5.97 Å². The van der Waals surface area contributed by atoms with Crippen LogP contribution >= 0.6 is 0 Å². The molecule has 464 valence electrons. The van der Waals surface area contributed by atoms with Crippen LogP contribution in [0.1, 0.15) is 380 Å². The number of aliphatic hydroxyl groups is 2. The van der Waals surface area contributed by atoms with Gasteiger partial charge in [-0.05, 0) is 83.5 Å². The molecule has 0 radical (unpaired) electrons. The molecular weight excluding hydrogens is 971 g/mol. The van der Waals surface area contributed by atoms with Gasteiger partial charge in [-0.15, -0.1) is 0 Å². The lowest BCUT2D eigenvalue weighted by Crippen LogP contribution is -2.45. The largest absolute Gasteiger partial charge is 0.466 e. The summed E-state index contributed by atoms with van der Waals surface area (Å²) in [7, 11) is 0. The maximum absolute atomic E-state index is 12.5. The van der Waals surface area contributed by atoms with E-state index in [1.54, 1.807) is 6.08 Å². The van der Waals surface area contributed by atoms with Crippen LogP contribution in [0.25, 0.3) is 0 Å². The number of hydrogen-bond acceptors (Lipinski definition) is 5. The SMILES string of the molecule is CCCC/C=C\CCCCCCCC(=O)OCCCCCCCCCCC/C=C\C/C=C\CCCCCCCCCCCCCCCCCC(=O)NC(CO)C(O)/C=C/CCCCCCCCCCCCCCCCCCCC. The minimum atomic E-state index is -0.845. The predicted octanol–water partition coefficient (Wildman–Crippen LogP) is 22.9. The standard InChI is InChI=1S/C73H137NO5/c1-3-5-7-9-11-13-15-16-17-18-19-33-36-39-42-46-49-53-57-61-65-71(76)70(69-75)74-72(77)66-62-58-54-50-47-43-40-37-34-31-29-27-25-23-21-20-22-24-26-28-30-32-35-38-41-44-48-52-56-60-64-68-79-73(78)67-63-59-55-51-45-14-12-10-8-6-4-2/h10,12,22,24,28,30,61,65,70-71,75-76H,3-9,11,13-21,23,25-27,29,31-60,62-64,66-69H2,1-2H3,(H,74,77)/b12-10-,24-22-,30-28-,65-61+. The van der Waals surface area contributed by atoms with Gasteiger partial charge in [-0.25, -0.2) is 0 Å². The van der Waals surface area contributed by atoms with Gasteiger partial charge in [0.1, 0.15) is 0 Å². The molecule has 6 heteroatoms. The first-order valence-corrected chi connectivity index (χ1v) is 35.4. The zero-order chi connectivity index (χ0) is 57.1. The molecule has 2 atom stereocenters. The zero-order valence-electron chi connectivity index (χ0n) is 53.1. The van der Waals surface area contributed by atoms with Gasteiger partial charge in [0.25, 0.3) is 0 Å². The minimum absolute atomic E-state index is 0.00176. The second kappa shape index (κ2) is 68.3. The number of allylic oxidation sites excluding steroid dienone is 7. The average molecular weight is 1110 g/mol. The number of amides is 1. The molecule has 0 spiro atoms. The summed E-state index contributed by atoms with van der Waals surface area (Å²) in [6.07, 6.45) is 89.1. The summed E-state index contributed by atoms with van der Waals surface area (Å²) >= 11 is 0. The fraction of sp³-hybridized carbons (Fsp3) is 0.863. The Morgan fingerprint density at radius 2 is 0.646 bits per heavy atom. The third kappa shape index (κ3) is 64.8. The predicted molar refractivity (Wildman–Crippen MR) is 347 cm³/mol. The first-order valence-electron chi connectivity index (χ1n) is 35.4. The number of rotatable bonds is 66. The van der Waals surface area contributed by atoms with E-state index in [0.29, 0.717) is 19.4 Å². The number of aliphatic hydroxyl groups excluding tert-OH is 2. The Balaban J connectivity index is 3.43. The van der Waals surface area contributed by atoms with Gasteiger partial charge in [0.2, 0.25) is 5.91 Å². The van der Waals surface area contributed by atoms with E-state index in [-0.39, 0.29) is 18.5 Å². The van der Waals surface area contributed by atoms with Crippen LogP contribution in [0, 0.1) is 0 Å². The Bertz CT molecular complexity index is 1320. The smallest absolute Gasteiger partial charge is 0.305 e. The van der Waals surface area contributed by atoms with Gasteiger partial charge in [0.05, 0.1) is 25.4 Å². The Kier molecular flexibility index (Phi) is 66.4. The number of ether oxygens (including phenoxy) is 1. The van der Waals surface area contributed by atoms with Crippen molar-refractivity contribution in [1.29, 1.82) is 0 Å². The van der Waals surface area contributed by atoms with Crippen LogP contribution in [0.4, 0.5) is 0 Å². The van der Waals surface area contributed by atoms with E-state index in [9.17, 15) is 19.8 Å². The molecule has 0 aromatic heterocycles. The van der Waals surface area contributed by atoms with Crippen LogP contribution < -0.4 is 5.32 Å². The fourth-order valence-electron chi connectivity index (χ4n) is 10.9. The number of carbonyl (C=O) groups excluding carboxylic acids is 2. The van der Waals surface area contributed by atoms with E-state index in [1.807, 2.05) is 6.08 Å². The highest BCUT2D eigenvalue weighted by Crippen LogP contribution is 2.18. The molecule has 0 rings (SSSR count). The highest BCUT2D eigenvalue weighted by molar-refractivity contribution is 5.76. The van der Waals surface area contributed by atoms with Crippen molar-refractivity contribution in [2.45, 2.75) is 392 Å². The first-order chi connectivity index (χ1) is 39.0. The van der Waals surface area contributed by atoms with Crippen molar-refractivity contribution in [3.05, 3.63) is 48.6 Å². The highest BCUT2D eigenvalue weighted by Gasteiger charge is 2.18. The van der Waals surface area contributed by atoms with Crippen LogP contribution in [-0.4, -0.2) is 47.4 Å². The molecule has 0 saturated carbocycles. The summed E-state index contributed by atoms with van der Waals surface area (Å²) in [5.74, 6) is -0.0625. The summed E-state index contributed by atoms with van der Waals surface area (Å²) < 4.78 is 5.46. The molecule has 0 fully saturated rings. The topological polar surface area (TPSA) is 95.9 Å². The van der Waals surface area contributed by atoms with Gasteiger partial charge < -0.3 is 20.3 Å². The van der Waals surface area contributed by atoms with E-state index >= 15 is 0 Å². The Hall–Kier alpha value is -2.18. The van der Waals surface area contributed by atoms with Crippen molar-refractivity contribution in [2.24, 2.45) is 0 Å². The number of nitrogens with one attached hydrogen (secondary N) is 1. The van der Waals surface area contributed by atoms with Gasteiger partial charge in [0.15, 0.2) is 0 Å². The highest BCUT2D eigenvalue weighted by atomic mass is 16.5. The maximum Gasteiger partial charge on any atom is 0.305 e. The van der Waals surface area contributed by atoms with Crippen molar-refractivity contribution in [3.8, 4) is 0 Å². The molecule has 0 aromatic rings. The first kappa shape index (κ1) is 76.8. The van der Waals surface area contributed by atoms with Crippen molar-refractivity contribution in [2.75, 3.05) is 13.2 Å². The number of carbonyl (C=O) groups is 2. The van der Waals surface area contributed by atoms with Gasteiger partial charge in [-0.2, -0.15) is 0 Å². The molecule has 3 N–H and O–H groups in total. The molecule has 0 aromatic carbocycles. The monoisotopic (exact) mass is 1110 g/mol. The number of hydrogen-bond donors (Lipinski definition) is 3. The molecule has 0 heterocycles. The fourth-order valence-corrected chi connectivity index (χ4v) is 10.9. The van der Waals surface area contributed by atoms with Crippen LogP contribution in [0.5, 0.6) is 0 Å². The molecular formula is C73H137NO5. The molecule has 6 nitrogen and oxygen atoms in total. The summed E-state index contributed by atoms with van der Waals surface area (Å²) in [4.78, 5) is 24.5. The third-order valence-corrected chi connectivity index (χ3v) is 16.3. The molecule has 1 amide bonds. The molecule has 0 bridgehead atoms. The van der Waals surface area contributed by atoms with E-state index in [1.165, 1.54) is 302 Å². The van der Waals surface area contributed by atoms with E-state index in [2.05, 4.69) is 55.6 Å². The quantitative estimate of drug-likeness (QED) is 0.0320. The van der Waals surface area contributed by atoms with Crippen molar-refractivity contribution < 1.29 is 24.5 Å². The van der Waals surface area contributed by atoms with E-state index < -0.39 is 12.1 Å². The lowest BCUT2D eigenvalue weighted by molar-refractivity contribution is -0.143. The normalized spacial score (nSPS) is 12.8. The Labute approximate surface area is 493 Å². The number of unbranched alkanes of at least 4 members (excludes halogenated alkanes) is 49. The molecule has 0 saturated heterocycles. The van der Waals surface area contributed by atoms with Crippen LogP contribution in [0.2, 0.25) is 0 Å². The maximum atomic E-state index is 12.5. The summed E-state index contributed by atoms with van der Waals surface area (Å²) in [6.45, 7) is 4.89. The lowest BCUT2D eigenvalue weighted by Gasteiger charge is -2.20. The molecule has 0 aliphatic carbocycles. The Morgan fingerprint density at radius 1 is 0.354 bits per heavy atom. The van der Waals surface area contributed by atoms with Crippen molar-refractivity contribution >= 4 is 11.9 Å². The lowest BCUT2D eigenvalue weighted by atomic mass is 10.0. The number of esters is 1. The zero-order valence-corrected chi connectivity index (χ0v) is 53.1. The summed E-state index contributed by atoms with van der Waals surface area (Å²) in [6, 6.07) is -0.629. The molecule has 0 aliphatic rings. The van der Waals surface area contributed by atoms with Crippen molar-refractivity contribution in [3.63, 3.8) is 0 Å². The third-order valence-electron chi connectivity index (χ3n) is 16.3. The molecule has 0 aliphatic heterocycles. The summed E-state index contributed by atoms with van der Waals surface area (Å²) in [5.41, 5.74) is 0. The van der Waals surface area contributed by atoms with Crippen LogP contribution in [-0.2, 0) is 14.3 Å². The second-order valence-electron chi connectivity index (χ2n) is 24.2. The average Bonchev–Trinajstić information content (AvgIpc) is 3.45. The Morgan fingerprint density at radius 3 is 1.01 bits per heavy atom. The van der Waals surface area contributed by atoms with Crippen molar-refractivity contribution in [1.82, 2.24) is 5.32 Å². The van der Waals surface area contributed by atoms with Crippen LogP contribution in [0.3, 0.4) is 0 Å². The second-order valence-corrected chi connectivity index (χ2v) is 24.2. The van der Waals surface area contributed by atoms with Gasteiger partial charge in [0, 0.05) is 12.8 Å². The minimum Gasteiger partial charge on any atom is -0.466 e. The van der Waals surface area contributed by atoms with E-state index in [4.69, 9.17) is 4.74 Å². The molecule has 79 heavy (non-hydrogen) atoms.